The van der Waals surface area contributed by atoms with Crippen LogP contribution in [-0.4, -0.2) is 0 Å². The first-order valence-corrected chi connectivity index (χ1v) is 8.59. The van der Waals surface area contributed by atoms with Gasteiger partial charge in [0.2, 0.25) is 0 Å². The summed E-state index contributed by atoms with van der Waals surface area (Å²) >= 11 is 6.04. The molecule has 0 nitrogen and oxygen atoms in total. The summed E-state index contributed by atoms with van der Waals surface area (Å²) < 4.78 is 0. The molecule has 0 aliphatic carbocycles. The molecule has 0 N–H and O–H groups in total. The molecular formula is S4W. The van der Waals surface area contributed by atoms with Crippen molar-refractivity contribution in [2.24, 2.45) is 0 Å². The molecule has 0 radical (unpaired) electrons. The van der Waals surface area contributed by atoms with Gasteiger partial charge < -0.3 is 0 Å². The zero-order valence-corrected chi connectivity index (χ0v) is 8.24. The standard InChI is InChI=1S/S4.W/c1-3-4-2;. The van der Waals surface area contributed by atoms with Crippen molar-refractivity contribution in [1.29, 1.82) is 0 Å². The summed E-state index contributed by atoms with van der Waals surface area (Å²) in [5.41, 5.74) is 0. The first-order valence-electron chi connectivity index (χ1n) is 0.667. The van der Waals surface area contributed by atoms with Crippen molar-refractivity contribution in [1.82, 2.24) is 0 Å². The molecule has 30 valence electrons. The summed E-state index contributed by atoms with van der Waals surface area (Å²) in [6.45, 7) is 0. The summed E-state index contributed by atoms with van der Waals surface area (Å²) in [6, 6.07) is 0. The van der Waals surface area contributed by atoms with Crippen LogP contribution in [0.1, 0.15) is 0 Å². The van der Waals surface area contributed by atoms with Gasteiger partial charge in [0.1, 0.15) is 0 Å². The fourth-order valence-corrected chi connectivity index (χ4v) is 7.52. The molecule has 0 unspecified atom stereocenters. The molecule has 0 aromatic heterocycles. The first-order chi connectivity index (χ1) is 2.41. The van der Waals surface area contributed by atoms with E-state index in [2.05, 4.69) is 11.2 Å². The van der Waals surface area contributed by atoms with Crippen molar-refractivity contribution >= 4 is 36.5 Å². The van der Waals surface area contributed by atoms with Gasteiger partial charge in [-0.1, -0.05) is 0 Å². The molecule has 0 aliphatic rings. The Bertz CT molecular complexity index is 95.6. The molecule has 0 heterocycles. The van der Waals surface area contributed by atoms with Crippen molar-refractivity contribution in [3.8, 4) is 0 Å². The molecule has 0 spiro atoms. The van der Waals surface area contributed by atoms with Crippen LogP contribution in [0.2, 0.25) is 0 Å². The molecule has 5 heteroatoms. The normalized spacial score (nSPS) is 5.60. The maximum absolute atomic E-state index is 4.52. The quantitative estimate of drug-likeness (QED) is 0.606. The van der Waals surface area contributed by atoms with Gasteiger partial charge in [-0.2, -0.15) is 0 Å². The van der Waals surface area contributed by atoms with Gasteiger partial charge in [0.05, 0.1) is 0 Å². The Morgan fingerprint density at radius 3 is 2.20 bits per heavy atom. The zero-order valence-electron chi connectivity index (χ0n) is 2.04. The molecule has 0 saturated heterocycles. The second-order valence-electron chi connectivity index (χ2n) is 0.204. The van der Waals surface area contributed by atoms with Crippen LogP contribution in [0, 0.1) is 0 Å². The van der Waals surface area contributed by atoms with Gasteiger partial charge in [-0.3, -0.25) is 0 Å². The van der Waals surface area contributed by atoms with Gasteiger partial charge >= 0.3 is 54.5 Å². The van der Waals surface area contributed by atoms with E-state index >= 15 is 0 Å². The Labute approximate surface area is 53.9 Å². The van der Waals surface area contributed by atoms with Crippen molar-refractivity contribution in [3.05, 3.63) is 0 Å². The van der Waals surface area contributed by atoms with Gasteiger partial charge in [-0.25, -0.2) is 0 Å². The molecule has 0 saturated carbocycles. The zero-order chi connectivity index (χ0) is 4.12. The Kier molecular flexibility index (Phi) is 7.31. The first kappa shape index (κ1) is 6.57. The van der Waals surface area contributed by atoms with E-state index in [1.165, 1.54) is 26.9 Å². The van der Waals surface area contributed by atoms with Crippen LogP contribution in [0.5, 0.6) is 0 Å². The van der Waals surface area contributed by atoms with Crippen molar-refractivity contribution in [2.75, 3.05) is 0 Å². The third-order valence-corrected chi connectivity index (χ3v) is 8.39. The number of rotatable bonds is 0. The molecule has 0 rings (SSSR count). The average molecular weight is 312 g/mol. The van der Waals surface area contributed by atoms with Crippen LogP contribution in [-0.2, 0) is 54.5 Å². The van der Waals surface area contributed by atoms with E-state index in [9.17, 15) is 0 Å². The minimum absolute atomic E-state index is 1.39. The van der Waals surface area contributed by atoms with E-state index in [1.54, 1.807) is 16.4 Å². The number of hydrogen-bond donors (Lipinski definition) is 0. The number of hydrogen-bond acceptors (Lipinski definition) is 1. The van der Waals surface area contributed by atoms with Gasteiger partial charge in [-0.15, -0.1) is 0 Å². The second-order valence-corrected chi connectivity index (χ2v) is 8.69. The third-order valence-electron chi connectivity index (χ3n) is 0.0556. The van der Waals surface area contributed by atoms with Gasteiger partial charge in [0.15, 0.2) is 0 Å². The second kappa shape index (κ2) is 5.57. The fraction of sp³-hybridized carbons (Fsp3) is 0. The predicted octanol–water partition coefficient (Wildman–Crippen LogP) is -0.0121. The molecule has 0 bridgehead atoms. The molecule has 0 amide bonds. The van der Waals surface area contributed by atoms with Crippen molar-refractivity contribution in [3.63, 3.8) is 0 Å². The van der Waals surface area contributed by atoms with Crippen LogP contribution in [0.4, 0.5) is 0 Å². The van der Waals surface area contributed by atoms with Gasteiger partial charge in [0.25, 0.3) is 0 Å². The Balaban J connectivity index is 4.38. The van der Waals surface area contributed by atoms with Crippen LogP contribution in [0.25, 0.3) is 0 Å². The van der Waals surface area contributed by atoms with Crippen LogP contribution in [0.3, 0.4) is 0 Å². The summed E-state index contributed by atoms with van der Waals surface area (Å²) in [6.07, 6.45) is 0. The Hall–Kier alpha value is 1.57. The molecule has 0 aromatic rings. The maximum atomic E-state index is 4.52. The molecule has 0 aromatic carbocycles. The van der Waals surface area contributed by atoms with Crippen LogP contribution >= 0.6 is 0 Å². The average Bonchev–Trinajstić information content (AvgIpc) is 1.41. The van der Waals surface area contributed by atoms with Crippen molar-refractivity contribution < 1.29 is 18.0 Å². The van der Waals surface area contributed by atoms with E-state index in [1.807, 2.05) is 0 Å². The van der Waals surface area contributed by atoms with E-state index in [-0.39, 0.29) is 0 Å². The monoisotopic (exact) mass is 312 g/mol. The van der Waals surface area contributed by atoms with Gasteiger partial charge in [0, 0.05) is 0 Å². The summed E-state index contributed by atoms with van der Waals surface area (Å²) in [5.74, 6) is 0. The van der Waals surface area contributed by atoms with E-state index in [0.29, 0.717) is 0 Å². The Morgan fingerprint density at radius 2 is 2.20 bits per heavy atom. The molecular weight excluding hydrogens is 312 g/mol. The molecule has 5 heavy (non-hydrogen) atoms. The molecule has 0 fully saturated rings. The van der Waals surface area contributed by atoms with E-state index in [0.717, 1.165) is 0 Å². The summed E-state index contributed by atoms with van der Waals surface area (Å²) in [7, 11) is 4.79. The van der Waals surface area contributed by atoms with Gasteiger partial charge in [-0.05, 0) is 0 Å². The van der Waals surface area contributed by atoms with E-state index in [4.69, 9.17) is 0 Å². The van der Waals surface area contributed by atoms with Crippen molar-refractivity contribution in [2.45, 2.75) is 0 Å². The molecule has 0 atom stereocenters. The van der Waals surface area contributed by atoms with E-state index < -0.39 is 0 Å². The predicted molar refractivity (Wildman–Crippen MR) is 29.5 cm³/mol. The summed E-state index contributed by atoms with van der Waals surface area (Å²) in [5, 5.41) is 0. The summed E-state index contributed by atoms with van der Waals surface area (Å²) in [4.78, 5) is 0. The third kappa shape index (κ3) is 5.57. The minimum atomic E-state index is 1.39. The topological polar surface area (TPSA) is 0 Å². The fourth-order valence-electron chi connectivity index (χ4n) is 0.0113. The van der Waals surface area contributed by atoms with Crippen LogP contribution in [0.15, 0.2) is 0 Å². The Morgan fingerprint density at radius 1 is 1.60 bits per heavy atom. The van der Waals surface area contributed by atoms with Crippen LogP contribution < -0.4 is 0 Å². The SMILES string of the molecule is S=S=S=[S]=[W]. The molecule has 0 aliphatic heterocycles.